The molecule has 0 heterocycles. The molecule has 0 unspecified atom stereocenters. The predicted octanol–water partition coefficient (Wildman–Crippen LogP) is 5.04. The molecule has 0 aromatic heterocycles. The number of allylic oxidation sites excluding steroid dienone is 6. The van der Waals surface area contributed by atoms with Gasteiger partial charge in [-0.1, -0.05) is 50.3 Å². The summed E-state index contributed by atoms with van der Waals surface area (Å²) in [6, 6.07) is 0. The van der Waals surface area contributed by atoms with Crippen LogP contribution < -0.4 is 0 Å². The molecule has 0 amide bonds. The minimum atomic E-state index is 1.16. The molecule has 0 bridgehead atoms. The van der Waals surface area contributed by atoms with Crippen molar-refractivity contribution in [2.45, 2.75) is 52.4 Å². The second-order valence-corrected chi connectivity index (χ2v) is 3.39. The van der Waals surface area contributed by atoms with Gasteiger partial charge in [0, 0.05) is 0 Å². The molecular formula is C14H24. The van der Waals surface area contributed by atoms with Crippen molar-refractivity contribution < 1.29 is 0 Å². The molecule has 0 aliphatic rings. The van der Waals surface area contributed by atoms with E-state index in [1.54, 1.807) is 0 Å². The van der Waals surface area contributed by atoms with Crippen molar-refractivity contribution >= 4 is 0 Å². The minimum Gasteiger partial charge on any atom is -0.0888 e. The molecule has 0 rings (SSSR count). The Morgan fingerprint density at radius 2 is 0.786 bits per heavy atom. The van der Waals surface area contributed by atoms with Crippen molar-refractivity contribution in [1.82, 2.24) is 0 Å². The predicted molar refractivity (Wildman–Crippen MR) is 66.5 cm³/mol. The molecule has 0 saturated heterocycles. The summed E-state index contributed by atoms with van der Waals surface area (Å²) in [7, 11) is 0. The largest absolute Gasteiger partial charge is 0.0888 e. The highest BCUT2D eigenvalue weighted by Crippen LogP contribution is 1.98. The monoisotopic (exact) mass is 192 g/mol. The van der Waals surface area contributed by atoms with E-state index in [0.29, 0.717) is 0 Å². The van der Waals surface area contributed by atoms with Crippen molar-refractivity contribution in [3.8, 4) is 0 Å². The van der Waals surface area contributed by atoms with E-state index in [4.69, 9.17) is 0 Å². The van der Waals surface area contributed by atoms with Crippen LogP contribution in [0.4, 0.5) is 0 Å². The average molecular weight is 192 g/mol. The summed E-state index contributed by atoms with van der Waals surface area (Å²) in [5.74, 6) is 0. The fourth-order valence-electron chi connectivity index (χ4n) is 1.19. The number of hydrogen-bond acceptors (Lipinski definition) is 0. The first-order valence-corrected chi connectivity index (χ1v) is 5.86. The summed E-state index contributed by atoms with van der Waals surface area (Å²) >= 11 is 0. The van der Waals surface area contributed by atoms with E-state index in [1.807, 2.05) is 0 Å². The Morgan fingerprint density at radius 3 is 1.07 bits per heavy atom. The van der Waals surface area contributed by atoms with Crippen LogP contribution in [0.2, 0.25) is 0 Å². The summed E-state index contributed by atoms with van der Waals surface area (Å²) in [5, 5.41) is 0. The van der Waals surface area contributed by atoms with E-state index in [2.05, 4.69) is 50.3 Å². The summed E-state index contributed by atoms with van der Waals surface area (Å²) < 4.78 is 0. The normalized spacial score (nSPS) is 12.4. The third kappa shape index (κ3) is 11.2. The molecule has 0 nitrogen and oxygen atoms in total. The summed E-state index contributed by atoms with van der Waals surface area (Å²) in [5.41, 5.74) is 0. The van der Waals surface area contributed by atoms with Gasteiger partial charge in [-0.05, 0) is 38.5 Å². The van der Waals surface area contributed by atoms with Crippen LogP contribution in [0.25, 0.3) is 0 Å². The molecule has 0 spiro atoms. The number of hydrogen-bond donors (Lipinski definition) is 0. The minimum absolute atomic E-state index is 1.16. The van der Waals surface area contributed by atoms with E-state index < -0.39 is 0 Å². The average Bonchev–Trinajstić information content (AvgIpc) is 2.21. The van der Waals surface area contributed by atoms with Crippen LogP contribution in [-0.4, -0.2) is 0 Å². The maximum absolute atomic E-state index is 2.29. The number of unbranched alkanes of at least 4 members (excludes halogenated alkanes) is 2. The van der Waals surface area contributed by atoms with Gasteiger partial charge in [0.15, 0.2) is 0 Å². The molecule has 0 heteroatoms. The van der Waals surface area contributed by atoms with E-state index >= 15 is 0 Å². The van der Waals surface area contributed by atoms with Gasteiger partial charge in [0.25, 0.3) is 0 Å². The van der Waals surface area contributed by atoms with E-state index in [9.17, 15) is 0 Å². The van der Waals surface area contributed by atoms with E-state index in [1.165, 1.54) is 25.7 Å². The third-order valence-electron chi connectivity index (χ3n) is 1.97. The highest BCUT2D eigenvalue weighted by atomic mass is 13.8. The lowest BCUT2D eigenvalue weighted by atomic mass is 10.2. The quantitative estimate of drug-likeness (QED) is 0.373. The second-order valence-electron chi connectivity index (χ2n) is 3.39. The Kier molecular flexibility index (Phi) is 11.5. The summed E-state index contributed by atoms with van der Waals surface area (Å²) in [4.78, 5) is 0. The topological polar surface area (TPSA) is 0 Å². The SMILES string of the molecule is CCC=CCCC=CCCC=CCC. The standard InChI is InChI=1S/C14H24/c1-3-5-7-9-11-13-14-12-10-8-6-4-2/h5-8,13-14H,3-4,9-12H2,1-2H3. The van der Waals surface area contributed by atoms with Crippen LogP contribution in [-0.2, 0) is 0 Å². The van der Waals surface area contributed by atoms with Gasteiger partial charge in [-0.15, -0.1) is 0 Å². The molecular weight excluding hydrogens is 168 g/mol. The number of rotatable bonds is 8. The van der Waals surface area contributed by atoms with Crippen LogP contribution in [0, 0.1) is 0 Å². The zero-order valence-electron chi connectivity index (χ0n) is 9.71. The Hall–Kier alpha value is -0.780. The highest BCUT2D eigenvalue weighted by molar-refractivity contribution is 4.90. The third-order valence-corrected chi connectivity index (χ3v) is 1.97. The Bertz CT molecular complexity index is 152. The molecule has 0 aromatic rings. The first kappa shape index (κ1) is 13.2. The van der Waals surface area contributed by atoms with Gasteiger partial charge in [-0.2, -0.15) is 0 Å². The second kappa shape index (κ2) is 12.2. The first-order chi connectivity index (χ1) is 6.91. The Balaban J connectivity index is 3.19. The zero-order valence-corrected chi connectivity index (χ0v) is 9.71. The Labute approximate surface area is 89.4 Å². The Morgan fingerprint density at radius 1 is 0.500 bits per heavy atom. The fraction of sp³-hybridized carbons (Fsp3) is 0.571. The molecule has 0 aliphatic carbocycles. The van der Waals surface area contributed by atoms with Crippen molar-refractivity contribution in [3.05, 3.63) is 36.5 Å². The molecule has 0 aromatic carbocycles. The molecule has 0 atom stereocenters. The molecule has 0 radical (unpaired) electrons. The van der Waals surface area contributed by atoms with Gasteiger partial charge < -0.3 is 0 Å². The van der Waals surface area contributed by atoms with E-state index in [0.717, 1.165) is 12.8 Å². The summed E-state index contributed by atoms with van der Waals surface area (Å²) in [6.45, 7) is 4.35. The highest BCUT2D eigenvalue weighted by Gasteiger charge is 1.78. The molecule has 0 fully saturated rings. The molecule has 0 aliphatic heterocycles. The maximum atomic E-state index is 2.29. The fourth-order valence-corrected chi connectivity index (χ4v) is 1.19. The van der Waals surface area contributed by atoms with Crippen molar-refractivity contribution in [2.24, 2.45) is 0 Å². The smallest absolute Gasteiger partial charge is 0.0316 e. The molecule has 0 saturated carbocycles. The maximum Gasteiger partial charge on any atom is -0.0316 e. The van der Waals surface area contributed by atoms with Crippen molar-refractivity contribution in [3.63, 3.8) is 0 Å². The first-order valence-electron chi connectivity index (χ1n) is 5.86. The molecule has 0 N–H and O–H groups in total. The lowest BCUT2D eigenvalue weighted by Gasteiger charge is -1.88. The lowest BCUT2D eigenvalue weighted by molar-refractivity contribution is 0.994. The van der Waals surface area contributed by atoms with E-state index in [-0.39, 0.29) is 0 Å². The van der Waals surface area contributed by atoms with Crippen LogP contribution in [0.1, 0.15) is 52.4 Å². The molecule has 80 valence electrons. The van der Waals surface area contributed by atoms with Gasteiger partial charge in [0.05, 0.1) is 0 Å². The van der Waals surface area contributed by atoms with Crippen LogP contribution in [0.15, 0.2) is 36.5 Å². The van der Waals surface area contributed by atoms with Gasteiger partial charge in [0.2, 0.25) is 0 Å². The van der Waals surface area contributed by atoms with Gasteiger partial charge in [-0.25, -0.2) is 0 Å². The van der Waals surface area contributed by atoms with Crippen LogP contribution in [0.3, 0.4) is 0 Å². The zero-order chi connectivity index (χ0) is 10.5. The van der Waals surface area contributed by atoms with Gasteiger partial charge in [0.1, 0.15) is 0 Å². The summed E-state index contributed by atoms with van der Waals surface area (Å²) in [6.07, 6.45) is 20.7. The molecule has 14 heavy (non-hydrogen) atoms. The van der Waals surface area contributed by atoms with Crippen molar-refractivity contribution in [2.75, 3.05) is 0 Å². The van der Waals surface area contributed by atoms with Crippen LogP contribution in [0.5, 0.6) is 0 Å². The lowest BCUT2D eigenvalue weighted by Crippen LogP contribution is -1.67. The van der Waals surface area contributed by atoms with Crippen molar-refractivity contribution in [1.29, 1.82) is 0 Å². The van der Waals surface area contributed by atoms with Gasteiger partial charge in [-0.3, -0.25) is 0 Å². The van der Waals surface area contributed by atoms with Crippen LogP contribution >= 0.6 is 0 Å². The van der Waals surface area contributed by atoms with Gasteiger partial charge >= 0.3 is 0 Å².